The number of para-hydroxylation sites is 2. The monoisotopic (exact) mass is 294 g/mol. The highest BCUT2D eigenvalue weighted by Crippen LogP contribution is 2.23. The molecule has 1 aromatic carbocycles. The van der Waals surface area contributed by atoms with Gasteiger partial charge in [-0.2, -0.15) is 0 Å². The van der Waals surface area contributed by atoms with Crippen LogP contribution >= 0.6 is 0 Å². The van der Waals surface area contributed by atoms with Crippen molar-refractivity contribution >= 4 is 17.3 Å². The molecule has 0 aliphatic rings. The molecule has 0 fully saturated rings. The maximum absolute atomic E-state index is 12.0. The highest BCUT2D eigenvalue weighted by Gasteiger charge is 2.21. The van der Waals surface area contributed by atoms with Crippen molar-refractivity contribution < 1.29 is 9.72 Å². The van der Waals surface area contributed by atoms with E-state index < -0.39 is 4.92 Å². The maximum atomic E-state index is 12.0. The molecule has 0 aliphatic heterocycles. The Bertz CT molecular complexity index is 517. The van der Waals surface area contributed by atoms with Crippen LogP contribution in [-0.4, -0.2) is 42.4 Å². The van der Waals surface area contributed by atoms with Crippen LogP contribution in [0.3, 0.4) is 0 Å². The number of hydrogen-bond acceptors (Lipinski definition) is 5. The average molecular weight is 294 g/mol. The molecule has 21 heavy (non-hydrogen) atoms. The number of nitrogens with one attached hydrogen (secondary N) is 1. The Morgan fingerprint density at radius 2 is 2.05 bits per heavy atom. The van der Waals surface area contributed by atoms with Crippen molar-refractivity contribution in [3.63, 3.8) is 0 Å². The largest absolute Gasteiger partial charge is 0.371 e. The Morgan fingerprint density at radius 3 is 2.62 bits per heavy atom. The molecule has 0 bridgehead atoms. The molecule has 0 saturated carbocycles. The Kier molecular flexibility index (Phi) is 5.66. The van der Waals surface area contributed by atoms with Crippen LogP contribution in [0.4, 0.5) is 11.4 Å². The Morgan fingerprint density at radius 1 is 1.43 bits per heavy atom. The van der Waals surface area contributed by atoms with Gasteiger partial charge < -0.3 is 16.0 Å². The van der Waals surface area contributed by atoms with Crippen LogP contribution in [0.15, 0.2) is 24.3 Å². The normalized spacial score (nSPS) is 11.0. The molecule has 0 aromatic heterocycles. The third kappa shape index (κ3) is 5.03. The van der Waals surface area contributed by atoms with E-state index in [0.29, 0.717) is 18.8 Å². The maximum Gasteiger partial charge on any atom is 0.292 e. The van der Waals surface area contributed by atoms with Crippen LogP contribution in [0.2, 0.25) is 0 Å². The molecule has 0 radical (unpaired) electrons. The Hall–Kier alpha value is -2.15. The van der Waals surface area contributed by atoms with Gasteiger partial charge in [0, 0.05) is 19.7 Å². The summed E-state index contributed by atoms with van der Waals surface area (Å²) >= 11 is 0. The molecule has 0 atom stereocenters. The van der Waals surface area contributed by atoms with Gasteiger partial charge in [-0.3, -0.25) is 14.9 Å². The molecular formula is C14H22N4O3. The highest BCUT2D eigenvalue weighted by atomic mass is 16.6. The number of nitro groups is 1. The SMILES string of the molecule is CN(CC(C)(C)CN)C(=O)CNc1ccccc1[N+](=O)[O-]. The van der Waals surface area contributed by atoms with Crippen molar-refractivity contribution in [2.24, 2.45) is 11.1 Å². The van der Waals surface area contributed by atoms with E-state index >= 15 is 0 Å². The van der Waals surface area contributed by atoms with E-state index in [1.54, 1.807) is 30.1 Å². The summed E-state index contributed by atoms with van der Waals surface area (Å²) in [5.74, 6) is -0.144. The first-order valence-corrected chi connectivity index (χ1v) is 6.68. The zero-order valence-corrected chi connectivity index (χ0v) is 12.6. The standard InChI is InChI=1S/C14H22N4O3/c1-14(2,9-15)10-17(3)13(19)8-16-11-6-4-5-7-12(11)18(20)21/h4-7,16H,8-10,15H2,1-3H3. The highest BCUT2D eigenvalue weighted by molar-refractivity contribution is 5.81. The number of carbonyl (C=O) groups is 1. The molecule has 0 aliphatic carbocycles. The number of likely N-dealkylation sites (N-methyl/N-ethyl adjacent to an activating group) is 1. The Balaban J connectivity index is 2.63. The molecule has 7 nitrogen and oxygen atoms in total. The first-order valence-electron chi connectivity index (χ1n) is 6.68. The minimum absolute atomic E-state index is 0.00199. The Labute approximate surface area is 124 Å². The zero-order valence-electron chi connectivity index (χ0n) is 12.6. The summed E-state index contributed by atoms with van der Waals surface area (Å²) in [6, 6.07) is 6.24. The van der Waals surface area contributed by atoms with Gasteiger partial charge >= 0.3 is 0 Å². The first-order chi connectivity index (χ1) is 9.76. The summed E-state index contributed by atoms with van der Waals surface area (Å²) in [6.45, 7) is 4.96. The van der Waals surface area contributed by atoms with Crippen LogP contribution in [0, 0.1) is 15.5 Å². The molecule has 3 N–H and O–H groups in total. The van der Waals surface area contributed by atoms with Gasteiger partial charge in [0.05, 0.1) is 11.5 Å². The lowest BCUT2D eigenvalue weighted by Crippen LogP contribution is -2.41. The van der Waals surface area contributed by atoms with Crippen LogP contribution in [0.25, 0.3) is 0 Å². The second kappa shape index (κ2) is 7.03. The van der Waals surface area contributed by atoms with Crippen molar-refractivity contribution in [3.8, 4) is 0 Å². The van der Waals surface area contributed by atoms with Gasteiger partial charge in [0.1, 0.15) is 5.69 Å². The number of anilines is 1. The fraction of sp³-hybridized carbons (Fsp3) is 0.500. The molecule has 1 amide bonds. The number of nitro benzene ring substituents is 1. The minimum Gasteiger partial charge on any atom is -0.371 e. The number of hydrogen-bond donors (Lipinski definition) is 2. The van der Waals surface area contributed by atoms with E-state index in [1.807, 2.05) is 13.8 Å². The van der Waals surface area contributed by atoms with Gasteiger partial charge in [-0.05, 0) is 18.0 Å². The molecule has 1 aromatic rings. The molecular weight excluding hydrogens is 272 g/mol. The van der Waals surface area contributed by atoms with Gasteiger partial charge in [-0.15, -0.1) is 0 Å². The third-order valence-corrected chi connectivity index (χ3v) is 3.17. The molecule has 0 spiro atoms. The van der Waals surface area contributed by atoms with Gasteiger partial charge in [-0.25, -0.2) is 0 Å². The topological polar surface area (TPSA) is 102 Å². The lowest BCUT2D eigenvalue weighted by Gasteiger charge is -2.29. The number of benzene rings is 1. The van der Waals surface area contributed by atoms with Gasteiger partial charge in [0.2, 0.25) is 5.91 Å². The number of carbonyl (C=O) groups excluding carboxylic acids is 1. The fourth-order valence-corrected chi connectivity index (χ4v) is 1.88. The van der Waals surface area contributed by atoms with Crippen molar-refractivity contribution in [2.45, 2.75) is 13.8 Å². The fourth-order valence-electron chi connectivity index (χ4n) is 1.88. The predicted molar refractivity (Wildman–Crippen MR) is 82.1 cm³/mol. The van der Waals surface area contributed by atoms with Gasteiger partial charge in [0.15, 0.2) is 0 Å². The number of rotatable bonds is 7. The number of amides is 1. The smallest absolute Gasteiger partial charge is 0.292 e. The minimum atomic E-state index is -0.478. The lowest BCUT2D eigenvalue weighted by molar-refractivity contribution is -0.383. The van der Waals surface area contributed by atoms with Crippen LogP contribution < -0.4 is 11.1 Å². The zero-order chi connectivity index (χ0) is 16.0. The molecule has 0 unspecified atom stereocenters. The summed E-state index contributed by atoms with van der Waals surface area (Å²) in [4.78, 5) is 24.0. The second-order valence-electron chi connectivity index (χ2n) is 5.75. The van der Waals surface area contributed by atoms with E-state index in [1.165, 1.54) is 6.07 Å². The van der Waals surface area contributed by atoms with Gasteiger partial charge in [0.25, 0.3) is 5.69 Å². The lowest BCUT2D eigenvalue weighted by atomic mass is 9.93. The second-order valence-corrected chi connectivity index (χ2v) is 5.75. The molecule has 7 heteroatoms. The van der Waals surface area contributed by atoms with E-state index in [2.05, 4.69) is 5.32 Å². The molecule has 116 valence electrons. The van der Waals surface area contributed by atoms with Crippen molar-refractivity contribution in [1.82, 2.24) is 4.90 Å². The first kappa shape index (κ1) is 16.9. The van der Waals surface area contributed by atoms with Crippen LogP contribution in [0.1, 0.15) is 13.8 Å². The number of nitrogens with two attached hydrogens (primary N) is 1. The number of nitrogens with zero attached hydrogens (tertiary/aromatic N) is 2. The van der Waals surface area contributed by atoms with Crippen molar-refractivity contribution in [1.29, 1.82) is 0 Å². The summed E-state index contributed by atoms with van der Waals surface area (Å²) in [5.41, 5.74) is 5.77. The van der Waals surface area contributed by atoms with E-state index in [4.69, 9.17) is 5.73 Å². The average Bonchev–Trinajstić information content (AvgIpc) is 2.44. The molecule has 0 heterocycles. The summed E-state index contributed by atoms with van der Waals surface area (Å²) < 4.78 is 0. The third-order valence-electron chi connectivity index (χ3n) is 3.17. The summed E-state index contributed by atoms with van der Waals surface area (Å²) in [7, 11) is 1.70. The van der Waals surface area contributed by atoms with Gasteiger partial charge in [-0.1, -0.05) is 26.0 Å². The van der Waals surface area contributed by atoms with Crippen LogP contribution in [0.5, 0.6) is 0 Å². The van der Waals surface area contributed by atoms with Crippen LogP contribution in [-0.2, 0) is 4.79 Å². The van der Waals surface area contributed by atoms with E-state index in [9.17, 15) is 14.9 Å². The summed E-state index contributed by atoms with van der Waals surface area (Å²) in [6.07, 6.45) is 0. The van der Waals surface area contributed by atoms with Crippen molar-refractivity contribution in [2.75, 3.05) is 32.0 Å². The summed E-state index contributed by atoms with van der Waals surface area (Å²) in [5, 5.41) is 13.7. The van der Waals surface area contributed by atoms with Crippen molar-refractivity contribution in [3.05, 3.63) is 34.4 Å². The predicted octanol–water partition coefficient (Wildman–Crippen LogP) is 1.45. The van der Waals surface area contributed by atoms with E-state index in [-0.39, 0.29) is 23.6 Å². The quantitative estimate of drug-likeness (QED) is 0.585. The molecule has 0 saturated heterocycles. The molecule has 1 rings (SSSR count). The van der Waals surface area contributed by atoms with E-state index in [0.717, 1.165) is 0 Å².